The predicted molar refractivity (Wildman–Crippen MR) is 82.5 cm³/mol. The Kier molecular flexibility index (Phi) is 3.90. The van der Waals surface area contributed by atoms with Crippen LogP contribution in [0.2, 0.25) is 0 Å². The number of rotatable bonds is 2. The molecule has 0 aromatic heterocycles. The molecule has 19 heavy (non-hydrogen) atoms. The Balaban J connectivity index is 2.30. The van der Waals surface area contributed by atoms with E-state index in [9.17, 15) is 4.79 Å². The molecule has 0 saturated heterocycles. The van der Waals surface area contributed by atoms with E-state index in [1.54, 1.807) is 24.1 Å². The quantitative estimate of drug-likeness (QED) is 0.860. The van der Waals surface area contributed by atoms with E-state index in [1.165, 1.54) is 0 Å². The third kappa shape index (κ3) is 2.96. The predicted octanol–water partition coefficient (Wildman–Crippen LogP) is 3.62. The van der Waals surface area contributed by atoms with Crippen LogP contribution in [0.5, 0.6) is 0 Å². The number of benzene rings is 2. The van der Waals surface area contributed by atoms with Crippen LogP contribution in [-0.2, 0) is 0 Å². The van der Waals surface area contributed by atoms with Crippen LogP contribution < -0.4 is 10.6 Å². The molecule has 0 aliphatic carbocycles. The highest BCUT2D eigenvalue weighted by atomic mass is 79.9. The van der Waals surface area contributed by atoms with Crippen molar-refractivity contribution in [2.75, 3.05) is 17.7 Å². The van der Waals surface area contributed by atoms with Crippen LogP contribution in [0, 0.1) is 6.92 Å². The molecule has 0 fully saturated rings. The van der Waals surface area contributed by atoms with Gasteiger partial charge in [-0.2, -0.15) is 0 Å². The molecule has 0 bridgehead atoms. The molecule has 1 amide bonds. The SMILES string of the molecule is Cc1cc(Br)ccc1C(=O)N(C)c1ccc(N)cc1. The first-order chi connectivity index (χ1) is 8.99. The monoisotopic (exact) mass is 318 g/mol. The lowest BCUT2D eigenvalue weighted by Crippen LogP contribution is -2.26. The van der Waals surface area contributed by atoms with E-state index < -0.39 is 0 Å². The summed E-state index contributed by atoms with van der Waals surface area (Å²) in [6.45, 7) is 1.93. The Labute approximate surface area is 121 Å². The number of hydrogen-bond donors (Lipinski definition) is 1. The van der Waals surface area contributed by atoms with Crippen molar-refractivity contribution < 1.29 is 4.79 Å². The van der Waals surface area contributed by atoms with Gasteiger partial charge in [-0.1, -0.05) is 15.9 Å². The maximum Gasteiger partial charge on any atom is 0.258 e. The maximum absolute atomic E-state index is 12.4. The first kappa shape index (κ1) is 13.6. The first-order valence-corrected chi connectivity index (χ1v) is 6.68. The molecule has 4 heteroatoms. The molecule has 0 atom stereocenters. The van der Waals surface area contributed by atoms with E-state index in [-0.39, 0.29) is 5.91 Å². The summed E-state index contributed by atoms with van der Waals surface area (Å²) in [6.07, 6.45) is 0. The minimum absolute atomic E-state index is 0.0326. The molecule has 0 heterocycles. The van der Waals surface area contributed by atoms with Crippen LogP contribution in [-0.4, -0.2) is 13.0 Å². The van der Waals surface area contributed by atoms with Gasteiger partial charge >= 0.3 is 0 Å². The Hall–Kier alpha value is -1.81. The second-order valence-corrected chi connectivity index (χ2v) is 5.33. The van der Waals surface area contributed by atoms with E-state index in [4.69, 9.17) is 5.73 Å². The van der Waals surface area contributed by atoms with Crippen LogP contribution in [0.1, 0.15) is 15.9 Å². The Morgan fingerprint density at radius 2 is 1.79 bits per heavy atom. The second kappa shape index (κ2) is 5.45. The summed E-state index contributed by atoms with van der Waals surface area (Å²) >= 11 is 3.40. The van der Waals surface area contributed by atoms with Gasteiger partial charge in [0.1, 0.15) is 0 Å². The van der Waals surface area contributed by atoms with Crippen LogP contribution in [0.25, 0.3) is 0 Å². The van der Waals surface area contributed by atoms with Crippen molar-refractivity contribution in [3.8, 4) is 0 Å². The molecule has 0 spiro atoms. The molecule has 0 unspecified atom stereocenters. The van der Waals surface area contributed by atoms with Gasteiger partial charge in [0.15, 0.2) is 0 Å². The smallest absolute Gasteiger partial charge is 0.258 e. The van der Waals surface area contributed by atoms with Crippen LogP contribution in [0.4, 0.5) is 11.4 Å². The number of halogens is 1. The van der Waals surface area contributed by atoms with E-state index in [0.717, 1.165) is 15.7 Å². The van der Waals surface area contributed by atoms with Crippen molar-refractivity contribution in [3.05, 3.63) is 58.1 Å². The summed E-state index contributed by atoms with van der Waals surface area (Å²) in [7, 11) is 1.76. The van der Waals surface area contributed by atoms with E-state index in [2.05, 4.69) is 15.9 Å². The minimum atomic E-state index is -0.0326. The van der Waals surface area contributed by atoms with Crippen molar-refractivity contribution in [1.29, 1.82) is 0 Å². The van der Waals surface area contributed by atoms with Crippen molar-refractivity contribution in [1.82, 2.24) is 0 Å². The summed E-state index contributed by atoms with van der Waals surface area (Å²) in [5.41, 5.74) is 8.79. The number of hydrogen-bond acceptors (Lipinski definition) is 2. The van der Waals surface area contributed by atoms with Gasteiger partial charge in [0.25, 0.3) is 5.91 Å². The third-order valence-corrected chi connectivity index (χ3v) is 3.50. The van der Waals surface area contributed by atoms with Gasteiger partial charge in [0.2, 0.25) is 0 Å². The van der Waals surface area contributed by atoms with Crippen molar-refractivity contribution in [2.24, 2.45) is 0 Å². The molecular weight excluding hydrogens is 304 g/mol. The molecule has 2 aromatic rings. The van der Waals surface area contributed by atoms with Gasteiger partial charge in [0.05, 0.1) is 0 Å². The zero-order valence-electron chi connectivity index (χ0n) is 10.9. The fourth-order valence-electron chi connectivity index (χ4n) is 1.86. The highest BCUT2D eigenvalue weighted by Gasteiger charge is 2.15. The van der Waals surface area contributed by atoms with E-state index in [1.807, 2.05) is 37.3 Å². The fraction of sp³-hybridized carbons (Fsp3) is 0.133. The number of carbonyl (C=O) groups excluding carboxylic acids is 1. The first-order valence-electron chi connectivity index (χ1n) is 5.89. The Morgan fingerprint density at radius 1 is 1.16 bits per heavy atom. The minimum Gasteiger partial charge on any atom is -0.399 e. The van der Waals surface area contributed by atoms with E-state index >= 15 is 0 Å². The molecule has 0 saturated carbocycles. The lowest BCUT2D eigenvalue weighted by Gasteiger charge is -2.18. The molecule has 2 rings (SSSR count). The summed E-state index contributed by atoms with van der Waals surface area (Å²) < 4.78 is 0.969. The van der Waals surface area contributed by atoms with E-state index in [0.29, 0.717) is 11.3 Å². The molecule has 3 nitrogen and oxygen atoms in total. The van der Waals surface area contributed by atoms with Crippen molar-refractivity contribution in [2.45, 2.75) is 6.92 Å². The number of nitrogens with zero attached hydrogens (tertiary/aromatic N) is 1. The lowest BCUT2D eigenvalue weighted by molar-refractivity contribution is 0.0992. The largest absolute Gasteiger partial charge is 0.399 e. The van der Waals surface area contributed by atoms with Gasteiger partial charge in [-0.05, 0) is 55.0 Å². The second-order valence-electron chi connectivity index (χ2n) is 4.41. The molecule has 2 aromatic carbocycles. The number of anilines is 2. The average Bonchev–Trinajstić information content (AvgIpc) is 2.38. The molecule has 0 aliphatic heterocycles. The number of carbonyl (C=O) groups is 1. The Bertz CT molecular complexity index is 608. The van der Waals surface area contributed by atoms with Gasteiger partial charge in [-0.25, -0.2) is 0 Å². The standard InChI is InChI=1S/C15H15BrN2O/c1-10-9-11(16)3-8-14(10)15(19)18(2)13-6-4-12(17)5-7-13/h3-9H,17H2,1-2H3. The number of nitrogens with two attached hydrogens (primary N) is 1. The zero-order chi connectivity index (χ0) is 14.0. The van der Waals surface area contributed by atoms with Crippen LogP contribution in [0.3, 0.4) is 0 Å². The zero-order valence-corrected chi connectivity index (χ0v) is 12.4. The highest BCUT2D eigenvalue weighted by Crippen LogP contribution is 2.21. The number of nitrogen functional groups attached to an aromatic ring is 1. The molecule has 98 valence electrons. The lowest BCUT2D eigenvalue weighted by atomic mass is 10.1. The Morgan fingerprint density at radius 3 is 2.37 bits per heavy atom. The summed E-state index contributed by atoms with van der Waals surface area (Å²) in [5, 5.41) is 0. The maximum atomic E-state index is 12.4. The fourth-order valence-corrected chi connectivity index (χ4v) is 2.34. The molecular formula is C15H15BrN2O. The van der Waals surface area contributed by atoms with Gasteiger partial charge < -0.3 is 10.6 Å². The van der Waals surface area contributed by atoms with Crippen LogP contribution in [0.15, 0.2) is 46.9 Å². The molecule has 2 N–H and O–H groups in total. The van der Waals surface area contributed by atoms with Crippen LogP contribution >= 0.6 is 15.9 Å². The summed E-state index contributed by atoms with van der Waals surface area (Å²) in [4.78, 5) is 14.1. The molecule has 0 aliphatic rings. The van der Waals surface area contributed by atoms with Crippen molar-refractivity contribution >= 4 is 33.2 Å². The van der Waals surface area contributed by atoms with Crippen molar-refractivity contribution in [3.63, 3.8) is 0 Å². The topological polar surface area (TPSA) is 46.3 Å². The van der Waals surface area contributed by atoms with Gasteiger partial charge in [-0.3, -0.25) is 4.79 Å². The molecule has 0 radical (unpaired) electrons. The van der Waals surface area contributed by atoms with Gasteiger partial charge in [0, 0.05) is 28.5 Å². The van der Waals surface area contributed by atoms with Gasteiger partial charge in [-0.15, -0.1) is 0 Å². The summed E-state index contributed by atoms with van der Waals surface area (Å²) in [6, 6.07) is 12.9. The number of amides is 1. The average molecular weight is 319 g/mol. The highest BCUT2D eigenvalue weighted by molar-refractivity contribution is 9.10. The third-order valence-electron chi connectivity index (χ3n) is 3.00. The number of aryl methyl sites for hydroxylation is 1. The normalized spacial score (nSPS) is 10.3. The summed E-state index contributed by atoms with van der Waals surface area (Å²) in [5.74, 6) is -0.0326.